The van der Waals surface area contributed by atoms with E-state index in [1.165, 1.54) is 10.5 Å². The van der Waals surface area contributed by atoms with Crippen LogP contribution in [0.3, 0.4) is 0 Å². The number of likely N-dealkylation sites (N-methyl/N-ethyl adjacent to an activating group) is 1. The number of nitriles is 1. The number of urea groups is 1. The van der Waals surface area contributed by atoms with Gasteiger partial charge in [0.1, 0.15) is 5.54 Å². The van der Waals surface area contributed by atoms with E-state index >= 15 is 0 Å². The highest BCUT2D eigenvalue weighted by Crippen LogP contribution is 2.33. The highest BCUT2D eigenvalue weighted by atomic mass is 16.2. The number of carbonyl (C=O) groups excluding carboxylic acids is 2. The molecule has 3 amide bonds. The van der Waals surface area contributed by atoms with Crippen LogP contribution in [-0.4, -0.2) is 66.0 Å². The lowest BCUT2D eigenvalue weighted by Crippen LogP contribution is -2.51. The molecule has 1 atom stereocenters. The molecule has 2 aromatic carbocycles. The van der Waals surface area contributed by atoms with E-state index in [-0.39, 0.29) is 18.6 Å². The maximum Gasteiger partial charge on any atom is 0.326 e. The van der Waals surface area contributed by atoms with Crippen molar-refractivity contribution in [3.8, 4) is 6.07 Å². The third-order valence-corrected chi connectivity index (χ3v) is 6.37. The molecule has 2 aliphatic rings. The largest absolute Gasteiger partial charge is 0.326 e. The third kappa shape index (κ3) is 4.52. The Bertz CT molecular complexity index is 1040. The molecule has 0 bridgehead atoms. The van der Waals surface area contributed by atoms with Gasteiger partial charge >= 0.3 is 6.03 Å². The van der Waals surface area contributed by atoms with Crippen molar-refractivity contribution in [1.82, 2.24) is 20.0 Å². The fourth-order valence-electron chi connectivity index (χ4n) is 4.51. The molecule has 166 valence electrons. The molecule has 0 radical (unpaired) electrons. The fraction of sp³-hybridized carbons (Fsp3) is 0.400. The van der Waals surface area contributed by atoms with E-state index in [0.717, 1.165) is 24.1 Å². The summed E-state index contributed by atoms with van der Waals surface area (Å²) in [4.78, 5) is 31.9. The number of nitrogens with zero attached hydrogens (tertiary/aromatic N) is 4. The predicted molar refractivity (Wildman–Crippen MR) is 122 cm³/mol. The van der Waals surface area contributed by atoms with Crippen molar-refractivity contribution in [2.75, 3.05) is 33.9 Å². The van der Waals surface area contributed by atoms with Crippen LogP contribution in [0.15, 0.2) is 48.5 Å². The molecule has 7 heteroatoms. The molecule has 7 nitrogen and oxygen atoms in total. The predicted octanol–water partition coefficient (Wildman–Crippen LogP) is 2.36. The van der Waals surface area contributed by atoms with Crippen LogP contribution in [0.25, 0.3) is 0 Å². The Hall–Kier alpha value is -3.21. The lowest BCUT2D eigenvalue weighted by Gasteiger charge is -2.33. The normalized spacial score (nSPS) is 20.0. The van der Waals surface area contributed by atoms with Crippen molar-refractivity contribution in [1.29, 1.82) is 5.26 Å². The van der Waals surface area contributed by atoms with Gasteiger partial charge in [0.2, 0.25) is 0 Å². The molecule has 1 aliphatic heterocycles. The molecule has 1 saturated heterocycles. The van der Waals surface area contributed by atoms with E-state index in [9.17, 15) is 9.59 Å². The van der Waals surface area contributed by atoms with E-state index in [2.05, 4.69) is 27.3 Å². The van der Waals surface area contributed by atoms with Gasteiger partial charge in [0, 0.05) is 26.1 Å². The number of rotatable bonds is 7. The van der Waals surface area contributed by atoms with Crippen LogP contribution >= 0.6 is 0 Å². The summed E-state index contributed by atoms with van der Waals surface area (Å²) in [6.07, 6.45) is 1.95. The van der Waals surface area contributed by atoms with Gasteiger partial charge in [0.05, 0.1) is 18.3 Å². The third-order valence-electron chi connectivity index (χ3n) is 6.37. The van der Waals surface area contributed by atoms with Gasteiger partial charge in [-0.05, 0) is 55.8 Å². The van der Waals surface area contributed by atoms with Crippen LogP contribution in [0.5, 0.6) is 0 Å². The van der Waals surface area contributed by atoms with Crippen LogP contribution < -0.4 is 5.32 Å². The second-order valence-electron chi connectivity index (χ2n) is 9.00. The number of hydrogen-bond acceptors (Lipinski definition) is 5. The summed E-state index contributed by atoms with van der Waals surface area (Å²) >= 11 is 0. The van der Waals surface area contributed by atoms with Crippen LogP contribution in [0.1, 0.15) is 28.7 Å². The molecule has 2 aromatic rings. The van der Waals surface area contributed by atoms with Gasteiger partial charge in [-0.25, -0.2) is 9.69 Å². The number of hydrogen-bond donors (Lipinski definition) is 1. The molecule has 1 N–H and O–H groups in total. The Morgan fingerprint density at radius 1 is 1.06 bits per heavy atom. The van der Waals surface area contributed by atoms with Crippen LogP contribution in [-0.2, 0) is 24.2 Å². The molecule has 0 saturated carbocycles. The second-order valence-corrected chi connectivity index (χ2v) is 9.00. The minimum absolute atomic E-state index is 0.133. The van der Waals surface area contributed by atoms with Crippen LogP contribution in [0.4, 0.5) is 4.79 Å². The molecular formula is C25H29N5O2. The number of nitrogens with one attached hydrogen (secondary N) is 1. The number of carbonyl (C=O) groups is 2. The minimum Gasteiger partial charge on any atom is -0.323 e. The average molecular weight is 432 g/mol. The number of imide groups is 1. The van der Waals surface area contributed by atoms with E-state index < -0.39 is 5.54 Å². The van der Waals surface area contributed by atoms with Crippen molar-refractivity contribution in [2.24, 2.45) is 0 Å². The highest BCUT2D eigenvalue weighted by Gasteiger charge is 2.52. The van der Waals surface area contributed by atoms with Crippen molar-refractivity contribution in [2.45, 2.75) is 31.3 Å². The molecule has 1 fully saturated rings. The van der Waals surface area contributed by atoms with Crippen molar-refractivity contribution in [3.63, 3.8) is 0 Å². The quantitative estimate of drug-likeness (QED) is 0.681. The summed E-state index contributed by atoms with van der Waals surface area (Å²) in [6, 6.07) is 17.4. The summed E-state index contributed by atoms with van der Waals surface area (Å²) in [6.45, 7) is 2.34. The van der Waals surface area contributed by atoms with Gasteiger partial charge in [-0.3, -0.25) is 9.69 Å². The molecule has 1 heterocycles. The number of aryl methyl sites for hydroxylation is 1. The summed E-state index contributed by atoms with van der Waals surface area (Å²) in [5.74, 6) is -0.133. The van der Waals surface area contributed by atoms with E-state index in [1.54, 1.807) is 12.1 Å². The van der Waals surface area contributed by atoms with Crippen molar-refractivity contribution >= 4 is 11.9 Å². The summed E-state index contributed by atoms with van der Waals surface area (Å²) < 4.78 is 0. The van der Waals surface area contributed by atoms with E-state index in [4.69, 9.17) is 5.26 Å². The first-order valence-electron chi connectivity index (χ1n) is 11.0. The van der Waals surface area contributed by atoms with Gasteiger partial charge < -0.3 is 10.2 Å². The summed E-state index contributed by atoms with van der Waals surface area (Å²) in [7, 11) is 4.00. The molecule has 1 unspecified atom stereocenters. The zero-order valence-electron chi connectivity index (χ0n) is 18.7. The lowest BCUT2D eigenvalue weighted by atomic mass is 9.78. The maximum atomic E-state index is 13.5. The summed E-state index contributed by atoms with van der Waals surface area (Å²) in [5, 5.41) is 12.1. The Morgan fingerprint density at radius 2 is 1.78 bits per heavy atom. The number of amides is 3. The first-order valence-corrected chi connectivity index (χ1v) is 11.0. The molecule has 32 heavy (non-hydrogen) atoms. The Morgan fingerprint density at radius 3 is 2.47 bits per heavy atom. The standard InChI is InChI=1S/C25H29N5O2/c1-28(2)13-14-29(17-20-9-7-19(16-26)8-10-20)18-30-23(31)25(27-24(30)32)12-11-21-5-3-4-6-22(21)15-25/h3-10H,11-15,17-18H2,1-2H3,(H,27,32). The smallest absolute Gasteiger partial charge is 0.323 e. The second kappa shape index (κ2) is 9.11. The number of fused-ring (bicyclic) bond motifs is 1. The van der Waals surface area contributed by atoms with Gasteiger partial charge in [-0.1, -0.05) is 36.4 Å². The Balaban J connectivity index is 1.50. The monoisotopic (exact) mass is 431 g/mol. The lowest BCUT2D eigenvalue weighted by molar-refractivity contribution is -0.133. The highest BCUT2D eigenvalue weighted by molar-refractivity contribution is 6.07. The first-order chi connectivity index (χ1) is 15.4. The summed E-state index contributed by atoms with van der Waals surface area (Å²) in [5.41, 5.74) is 3.20. The van der Waals surface area contributed by atoms with Crippen LogP contribution in [0.2, 0.25) is 0 Å². The van der Waals surface area contributed by atoms with Gasteiger partial charge in [0.15, 0.2) is 0 Å². The number of benzene rings is 2. The Labute approximate surface area is 189 Å². The zero-order chi connectivity index (χ0) is 22.7. The maximum absolute atomic E-state index is 13.5. The van der Waals surface area contributed by atoms with E-state index in [1.807, 2.05) is 44.4 Å². The van der Waals surface area contributed by atoms with Crippen LogP contribution in [0, 0.1) is 11.3 Å². The van der Waals surface area contributed by atoms with E-state index in [0.29, 0.717) is 31.5 Å². The van der Waals surface area contributed by atoms with Crippen molar-refractivity contribution in [3.05, 3.63) is 70.8 Å². The Kier molecular flexibility index (Phi) is 6.26. The molecular weight excluding hydrogens is 402 g/mol. The SMILES string of the molecule is CN(C)CCN(Cc1ccc(C#N)cc1)CN1C(=O)NC2(CCc3ccccc3C2)C1=O. The van der Waals surface area contributed by atoms with Gasteiger partial charge in [-0.2, -0.15) is 5.26 Å². The van der Waals surface area contributed by atoms with Crippen molar-refractivity contribution < 1.29 is 9.59 Å². The molecule has 1 spiro atoms. The fourth-order valence-corrected chi connectivity index (χ4v) is 4.51. The topological polar surface area (TPSA) is 79.7 Å². The minimum atomic E-state index is -0.840. The molecule has 0 aromatic heterocycles. The molecule has 4 rings (SSSR count). The van der Waals surface area contributed by atoms with Gasteiger partial charge in [0.25, 0.3) is 5.91 Å². The zero-order valence-corrected chi connectivity index (χ0v) is 18.7. The first kappa shape index (κ1) is 22.0. The molecule has 1 aliphatic carbocycles. The van der Waals surface area contributed by atoms with Gasteiger partial charge in [-0.15, -0.1) is 0 Å². The average Bonchev–Trinajstić information content (AvgIpc) is 3.01.